The third-order valence-electron chi connectivity index (χ3n) is 5.12. The maximum atomic E-state index is 12.1. The van der Waals surface area contributed by atoms with Crippen molar-refractivity contribution in [3.05, 3.63) is 0 Å². The van der Waals surface area contributed by atoms with Crippen molar-refractivity contribution < 1.29 is 23.1 Å². The Hall–Kier alpha value is -1.15. The molecular formula is C15H26N2O5S. The second-order valence-corrected chi connectivity index (χ2v) is 8.69. The van der Waals surface area contributed by atoms with E-state index in [1.54, 1.807) is 0 Å². The molecule has 2 fully saturated rings. The summed E-state index contributed by atoms with van der Waals surface area (Å²) in [6.45, 7) is 2.66. The second-order valence-electron chi connectivity index (χ2n) is 6.61. The fourth-order valence-corrected chi connectivity index (χ4v) is 5.00. The molecule has 1 saturated heterocycles. The quantitative estimate of drug-likeness (QED) is 0.745. The van der Waals surface area contributed by atoms with Crippen molar-refractivity contribution in [2.75, 3.05) is 18.8 Å². The van der Waals surface area contributed by atoms with E-state index in [0.717, 1.165) is 19.3 Å². The van der Waals surface area contributed by atoms with Crippen molar-refractivity contribution in [2.24, 2.45) is 5.92 Å². The van der Waals surface area contributed by atoms with Crippen LogP contribution in [0.1, 0.15) is 51.9 Å². The summed E-state index contributed by atoms with van der Waals surface area (Å²) in [5.41, 5.74) is -1.19. The van der Waals surface area contributed by atoms with Gasteiger partial charge in [-0.3, -0.25) is 4.79 Å². The van der Waals surface area contributed by atoms with Gasteiger partial charge in [0.1, 0.15) is 5.54 Å². The normalized spacial score (nSPS) is 30.9. The molecule has 0 aromatic rings. The molecule has 7 nitrogen and oxygen atoms in total. The minimum Gasteiger partial charge on any atom is -0.480 e. The van der Waals surface area contributed by atoms with Gasteiger partial charge in [0.05, 0.1) is 5.75 Å². The molecule has 0 aromatic carbocycles. The molecule has 2 N–H and O–H groups in total. The minimum absolute atomic E-state index is 0.00542. The van der Waals surface area contributed by atoms with Crippen molar-refractivity contribution in [1.29, 1.82) is 0 Å². The molecule has 0 aromatic heterocycles. The summed E-state index contributed by atoms with van der Waals surface area (Å²) >= 11 is 0. The number of nitrogens with zero attached hydrogens (tertiary/aromatic N) is 1. The molecule has 1 aliphatic carbocycles. The maximum Gasteiger partial charge on any atom is 0.329 e. The first-order valence-electron chi connectivity index (χ1n) is 8.31. The number of hydrogen-bond acceptors (Lipinski definition) is 4. The van der Waals surface area contributed by atoms with Gasteiger partial charge in [-0.2, -0.15) is 0 Å². The summed E-state index contributed by atoms with van der Waals surface area (Å²) in [6, 6.07) is 0. The number of carboxylic acids is 1. The van der Waals surface area contributed by atoms with E-state index in [2.05, 4.69) is 12.2 Å². The van der Waals surface area contributed by atoms with Gasteiger partial charge in [0.15, 0.2) is 0 Å². The van der Waals surface area contributed by atoms with Crippen molar-refractivity contribution in [2.45, 2.75) is 57.4 Å². The molecule has 2 aliphatic rings. The number of sulfonamides is 1. The van der Waals surface area contributed by atoms with Crippen LogP contribution in [0, 0.1) is 5.92 Å². The summed E-state index contributed by atoms with van der Waals surface area (Å²) in [5.74, 6) is -0.723. The monoisotopic (exact) mass is 346 g/mol. The molecule has 0 spiro atoms. The Bertz CT molecular complexity index is 552. The van der Waals surface area contributed by atoms with E-state index in [-0.39, 0.29) is 24.6 Å². The zero-order chi connectivity index (χ0) is 17.1. The molecule has 1 amide bonds. The fraction of sp³-hybridized carbons (Fsp3) is 0.867. The molecule has 8 heteroatoms. The average Bonchev–Trinajstić information content (AvgIpc) is 2.84. The first-order valence-corrected chi connectivity index (χ1v) is 9.92. The van der Waals surface area contributed by atoms with Gasteiger partial charge in [-0.05, 0) is 38.0 Å². The Morgan fingerprint density at radius 2 is 1.96 bits per heavy atom. The number of hydrogen-bond donors (Lipinski definition) is 2. The average molecular weight is 346 g/mol. The lowest BCUT2D eigenvalue weighted by Gasteiger charge is -2.37. The largest absolute Gasteiger partial charge is 0.480 e. The summed E-state index contributed by atoms with van der Waals surface area (Å²) < 4.78 is 24.7. The highest BCUT2D eigenvalue weighted by atomic mass is 32.2. The second kappa shape index (κ2) is 7.17. The number of carboxylic acid groups (broad SMARTS) is 1. The zero-order valence-corrected chi connectivity index (χ0v) is 14.4. The van der Waals surface area contributed by atoms with Gasteiger partial charge < -0.3 is 10.4 Å². The summed E-state index contributed by atoms with van der Waals surface area (Å²) in [4.78, 5) is 23.8. The van der Waals surface area contributed by atoms with Gasteiger partial charge in [0.25, 0.3) is 0 Å². The highest BCUT2D eigenvalue weighted by Crippen LogP contribution is 2.34. The number of carbonyl (C=O) groups is 2. The van der Waals surface area contributed by atoms with E-state index in [1.165, 1.54) is 4.31 Å². The van der Waals surface area contributed by atoms with E-state index in [0.29, 0.717) is 31.7 Å². The number of rotatable bonds is 6. The topological polar surface area (TPSA) is 104 Å². The Labute approximate surface area is 137 Å². The van der Waals surface area contributed by atoms with Crippen molar-refractivity contribution in [3.8, 4) is 0 Å². The van der Waals surface area contributed by atoms with Gasteiger partial charge in [-0.15, -0.1) is 0 Å². The van der Waals surface area contributed by atoms with Crippen LogP contribution in [-0.2, 0) is 19.6 Å². The first kappa shape index (κ1) is 18.2. The minimum atomic E-state index is -3.22. The van der Waals surface area contributed by atoms with Gasteiger partial charge >= 0.3 is 5.97 Å². The van der Waals surface area contributed by atoms with Crippen LogP contribution in [0.15, 0.2) is 0 Å². The molecule has 0 atom stereocenters. The molecule has 1 aliphatic heterocycles. The van der Waals surface area contributed by atoms with Crippen LogP contribution in [0.5, 0.6) is 0 Å². The highest BCUT2D eigenvalue weighted by molar-refractivity contribution is 7.89. The lowest BCUT2D eigenvalue weighted by atomic mass is 9.75. The van der Waals surface area contributed by atoms with Crippen molar-refractivity contribution in [1.82, 2.24) is 9.62 Å². The lowest BCUT2D eigenvalue weighted by molar-refractivity contribution is -0.149. The summed E-state index contributed by atoms with van der Waals surface area (Å²) in [6.07, 6.45) is 4.08. The maximum absolute atomic E-state index is 12.1. The number of aliphatic carboxylic acids is 1. The Morgan fingerprint density at radius 3 is 2.43 bits per heavy atom. The molecule has 2 rings (SSSR count). The third kappa shape index (κ3) is 4.23. The third-order valence-corrected chi connectivity index (χ3v) is 7.07. The standard InChI is InChI=1S/C15H26N2O5S/c1-2-12-4-7-15(8-5-12,14(19)20)16-13(18)6-10-17-9-3-11-23(17,21)22/h12H,2-11H2,1H3,(H,16,18)(H,19,20). The van der Waals surface area contributed by atoms with Crippen molar-refractivity contribution in [3.63, 3.8) is 0 Å². The van der Waals surface area contributed by atoms with Gasteiger partial charge in [-0.25, -0.2) is 17.5 Å². The predicted octanol–water partition coefficient (Wildman–Crippen LogP) is 0.952. The van der Waals surface area contributed by atoms with E-state index >= 15 is 0 Å². The highest BCUT2D eigenvalue weighted by Gasteiger charge is 2.43. The van der Waals surface area contributed by atoms with Gasteiger partial charge in [0, 0.05) is 19.5 Å². The number of carbonyl (C=O) groups excluding carboxylic acids is 1. The van der Waals surface area contributed by atoms with Crippen LogP contribution in [0.3, 0.4) is 0 Å². The SMILES string of the molecule is CCC1CCC(NC(=O)CCN2CCCS2(=O)=O)(C(=O)O)CC1. The Balaban J connectivity index is 1.90. The molecular weight excluding hydrogens is 320 g/mol. The molecule has 1 heterocycles. The molecule has 0 radical (unpaired) electrons. The Kier molecular flexibility index (Phi) is 5.67. The van der Waals surface area contributed by atoms with E-state index in [9.17, 15) is 23.1 Å². The van der Waals surface area contributed by atoms with Crippen LogP contribution in [0.25, 0.3) is 0 Å². The van der Waals surface area contributed by atoms with Crippen molar-refractivity contribution >= 4 is 21.9 Å². The van der Waals surface area contributed by atoms with E-state index in [4.69, 9.17) is 0 Å². The smallest absolute Gasteiger partial charge is 0.329 e. The summed E-state index contributed by atoms with van der Waals surface area (Å²) in [7, 11) is -3.22. The summed E-state index contributed by atoms with van der Waals surface area (Å²) in [5, 5.41) is 12.2. The van der Waals surface area contributed by atoms with Crippen LogP contribution < -0.4 is 5.32 Å². The van der Waals surface area contributed by atoms with Crippen LogP contribution in [-0.4, -0.2) is 54.1 Å². The Morgan fingerprint density at radius 1 is 1.30 bits per heavy atom. The fourth-order valence-electron chi connectivity index (χ4n) is 3.47. The van der Waals surface area contributed by atoms with Gasteiger partial charge in [0.2, 0.25) is 15.9 Å². The number of amides is 1. The predicted molar refractivity (Wildman–Crippen MR) is 85.4 cm³/mol. The van der Waals surface area contributed by atoms with E-state index < -0.39 is 21.5 Å². The lowest BCUT2D eigenvalue weighted by Crippen LogP contribution is -2.56. The van der Waals surface area contributed by atoms with Gasteiger partial charge in [-0.1, -0.05) is 13.3 Å². The van der Waals surface area contributed by atoms with Crippen LogP contribution >= 0.6 is 0 Å². The van der Waals surface area contributed by atoms with Crippen LogP contribution in [0.2, 0.25) is 0 Å². The zero-order valence-electron chi connectivity index (χ0n) is 13.6. The molecule has 1 saturated carbocycles. The molecule has 132 valence electrons. The first-order chi connectivity index (χ1) is 10.8. The molecule has 23 heavy (non-hydrogen) atoms. The number of nitrogens with one attached hydrogen (secondary N) is 1. The van der Waals surface area contributed by atoms with Crippen LogP contribution in [0.4, 0.5) is 0 Å². The molecule has 0 unspecified atom stereocenters. The molecule has 0 bridgehead atoms. The van der Waals surface area contributed by atoms with E-state index in [1.807, 2.05) is 0 Å².